The van der Waals surface area contributed by atoms with Crippen LogP contribution < -0.4 is 10.1 Å². The van der Waals surface area contributed by atoms with E-state index in [0.717, 1.165) is 16.9 Å². The molecule has 0 fully saturated rings. The summed E-state index contributed by atoms with van der Waals surface area (Å²) in [5.41, 5.74) is 2.11. The number of hydrogen-bond donors (Lipinski definition) is 1. The number of hydrogen-bond acceptors (Lipinski definition) is 3. The van der Waals surface area contributed by atoms with Crippen LogP contribution in [0.25, 0.3) is 10.8 Å². The second-order valence-electron chi connectivity index (χ2n) is 9.07. The third kappa shape index (κ3) is 6.60. The Balaban J connectivity index is 1.81. The van der Waals surface area contributed by atoms with E-state index >= 15 is 0 Å². The first kappa shape index (κ1) is 25.3. The lowest BCUT2D eigenvalue weighted by Crippen LogP contribution is -2.49. The number of aryl methyl sites for hydroxylation is 1. The topological polar surface area (TPSA) is 58.6 Å². The number of amides is 2. The zero-order chi connectivity index (χ0) is 24.5. The van der Waals surface area contributed by atoms with Crippen molar-refractivity contribution < 1.29 is 14.3 Å². The lowest BCUT2D eigenvalue weighted by atomic mass is 10.00. The van der Waals surface area contributed by atoms with E-state index in [1.54, 1.807) is 12.0 Å². The van der Waals surface area contributed by atoms with Gasteiger partial charge in [0, 0.05) is 19.5 Å². The van der Waals surface area contributed by atoms with Gasteiger partial charge in [0.2, 0.25) is 11.8 Å². The highest BCUT2D eigenvalue weighted by atomic mass is 16.5. The molecule has 0 aliphatic rings. The maximum Gasteiger partial charge on any atom is 0.242 e. The predicted octanol–water partition coefficient (Wildman–Crippen LogP) is 5.36. The Hall–Kier alpha value is -3.34. The Morgan fingerprint density at radius 3 is 2.35 bits per heavy atom. The summed E-state index contributed by atoms with van der Waals surface area (Å²) in [4.78, 5) is 28.3. The summed E-state index contributed by atoms with van der Waals surface area (Å²) in [6.45, 7) is 7.05. The van der Waals surface area contributed by atoms with Gasteiger partial charge in [0.1, 0.15) is 11.8 Å². The van der Waals surface area contributed by atoms with E-state index in [1.165, 1.54) is 10.8 Å². The Morgan fingerprint density at radius 1 is 0.971 bits per heavy atom. The average molecular weight is 461 g/mol. The number of benzene rings is 3. The first-order valence-corrected chi connectivity index (χ1v) is 12.1. The van der Waals surface area contributed by atoms with Crippen molar-refractivity contribution in [2.24, 2.45) is 5.92 Å². The zero-order valence-corrected chi connectivity index (χ0v) is 20.7. The lowest BCUT2D eigenvalue weighted by molar-refractivity contribution is -0.141. The van der Waals surface area contributed by atoms with Crippen LogP contribution in [-0.2, 0) is 22.6 Å². The summed E-state index contributed by atoms with van der Waals surface area (Å²) >= 11 is 0. The fraction of sp³-hybridized carbons (Fsp3) is 0.379. The third-order valence-corrected chi connectivity index (χ3v) is 6.07. The standard InChI is InChI=1S/C29H36N2O3/c1-5-27(29(33)30-19-21(2)3)31(20-22-13-16-25(34-4)17-14-22)28(32)18-15-24-11-8-10-23-9-6-7-12-26(23)24/h6-14,16-17,21,27H,5,15,18-20H2,1-4H3,(H,30,33)/t27-/m1/s1. The van der Waals surface area contributed by atoms with Crippen molar-refractivity contribution in [1.82, 2.24) is 10.2 Å². The molecule has 0 unspecified atom stereocenters. The molecule has 0 saturated heterocycles. The van der Waals surface area contributed by atoms with Gasteiger partial charge in [-0.1, -0.05) is 75.4 Å². The van der Waals surface area contributed by atoms with Gasteiger partial charge in [-0.15, -0.1) is 0 Å². The molecular formula is C29H36N2O3. The molecule has 0 spiro atoms. The minimum Gasteiger partial charge on any atom is -0.497 e. The zero-order valence-electron chi connectivity index (χ0n) is 20.7. The minimum absolute atomic E-state index is 0.0182. The van der Waals surface area contributed by atoms with Crippen LogP contribution in [0.3, 0.4) is 0 Å². The Bertz CT molecular complexity index is 1090. The molecule has 34 heavy (non-hydrogen) atoms. The molecule has 0 aliphatic carbocycles. The molecule has 180 valence electrons. The van der Waals surface area contributed by atoms with Crippen LogP contribution in [-0.4, -0.2) is 36.4 Å². The van der Waals surface area contributed by atoms with Gasteiger partial charge in [0.15, 0.2) is 0 Å². The quantitative estimate of drug-likeness (QED) is 0.419. The predicted molar refractivity (Wildman–Crippen MR) is 138 cm³/mol. The average Bonchev–Trinajstić information content (AvgIpc) is 2.86. The third-order valence-electron chi connectivity index (χ3n) is 6.07. The van der Waals surface area contributed by atoms with Crippen molar-refractivity contribution in [3.8, 4) is 5.75 Å². The first-order valence-electron chi connectivity index (χ1n) is 12.1. The van der Waals surface area contributed by atoms with Crippen molar-refractivity contribution in [2.45, 2.75) is 52.6 Å². The molecule has 1 N–H and O–H groups in total. The maximum absolute atomic E-state index is 13.5. The lowest BCUT2D eigenvalue weighted by Gasteiger charge is -2.31. The number of methoxy groups -OCH3 is 1. The molecule has 0 bridgehead atoms. The van der Waals surface area contributed by atoms with Crippen LogP contribution in [0.2, 0.25) is 0 Å². The fourth-order valence-corrected chi connectivity index (χ4v) is 4.17. The molecular weight excluding hydrogens is 424 g/mol. The second kappa shape index (κ2) is 12.2. The van der Waals surface area contributed by atoms with Gasteiger partial charge in [0.05, 0.1) is 7.11 Å². The molecule has 0 aliphatic heterocycles. The normalized spacial score (nSPS) is 11.9. The van der Waals surface area contributed by atoms with Gasteiger partial charge in [-0.05, 0) is 52.8 Å². The smallest absolute Gasteiger partial charge is 0.242 e. The summed E-state index contributed by atoms with van der Waals surface area (Å²) in [6, 6.07) is 21.6. The molecule has 0 heterocycles. The molecule has 5 nitrogen and oxygen atoms in total. The van der Waals surface area contributed by atoms with Crippen molar-refractivity contribution in [1.29, 1.82) is 0 Å². The van der Waals surface area contributed by atoms with Gasteiger partial charge in [-0.3, -0.25) is 9.59 Å². The number of nitrogens with zero attached hydrogens (tertiary/aromatic N) is 1. The number of carbonyl (C=O) groups excluding carboxylic acids is 2. The van der Waals surface area contributed by atoms with Crippen molar-refractivity contribution >= 4 is 22.6 Å². The van der Waals surface area contributed by atoms with E-state index in [0.29, 0.717) is 38.3 Å². The number of carbonyl (C=O) groups is 2. The number of nitrogens with one attached hydrogen (secondary N) is 1. The summed E-state index contributed by atoms with van der Waals surface area (Å²) in [5, 5.41) is 5.35. The van der Waals surface area contributed by atoms with Gasteiger partial charge in [-0.25, -0.2) is 0 Å². The van der Waals surface area contributed by atoms with E-state index in [1.807, 2.05) is 49.4 Å². The van der Waals surface area contributed by atoms with Crippen molar-refractivity contribution in [2.75, 3.05) is 13.7 Å². The highest BCUT2D eigenvalue weighted by molar-refractivity contribution is 5.89. The van der Waals surface area contributed by atoms with Crippen LogP contribution in [0, 0.1) is 5.92 Å². The van der Waals surface area contributed by atoms with Gasteiger partial charge < -0.3 is 15.0 Å². The van der Waals surface area contributed by atoms with Crippen LogP contribution in [0.15, 0.2) is 66.7 Å². The first-order chi connectivity index (χ1) is 16.4. The van der Waals surface area contributed by atoms with E-state index in [2.05, 4.69) is 43.4 Å². The maximum atomic E-state index is 13.5. The van der Waals surface area contributed by atoms with Crippen LogP contribution in [0.1, 0.15) is 44.7 Å². The van der Waals surface area contributed by atoms with E-state index in [4.69, 9.17) is 4.74 Å². The molecule has 2 amide bonds. The van der Waals surface area contributed by atoms with Gasteiger partial charge in [-0.2, -0.15) is 0 Å². The van der Waals surface area contributed by atoms with Gasteiger partial charge in [0.25, 0.3) is 0 Å². The highest BCUT2D eigenvalue weighted by Crippen LogP contribution is 2.22. The summed E-state index contributed by atoms with van der Waals surface area (Å²) < 4.78 is 5.26. The summed E-state index contributed by atoms with van der Waals surface area (Å²) in [5.74, 6) is 0.997. The molecule has 1 atom stereocenters. The van der Waals surface area contributed by atoms with Crippen molar-refractivity contribution in [3.05, 3.63) is 77.9 Å². The molecule has 0 saturated carbocycles. The van der Waals surface area contributed by atoms with E-state index in [9.17, 15) is 9.59 Å². The molecule has 3 aromatic rings. The van der Waals surface area contributed by atoms with Crippen LogP contribution >= 0.6 is 0 Å². The molecule has 0 aromatic heterocycles. The van der Waals surface area contributed by atoms with Crippen molar-refractivity contribution in [3.63, 3.8) is 0 Å². The SMILES string of the molecule is CC[C@H](C(=O)NCC(C)C)N(Cc1ccc(OC)cc1)C(=O)CCc1cccc2ccccc12. The highest BCUT2D eigenvalue weighted by Gasteiger charge is 2.28. The van der Waals surface area contributed by atoms with E-state index in [-0.39, 0.29) is 11.8 Å². The van der Waals surface area contributed by atoms with E-state index < -0.39 is 6.04 Å². The number of fused-ring (bicyclic) bond motifs is 1. The monoisotopic (exact) mass is 460 g/mol. The van der Waals surface area contributed by atoms with Gasteiger partial charge >= 0.3 is 0 Å². The molecule has 3 rings (SSSR count). The molecule has 3 aromatic carbocycles. The molecule has 0 radical (unpaired) electrons. The fourth-order valence-electron chi connectivity index (χ4n) is 4.17. The van der Waals surface area contributed by atoms with Crippen LogP contribution in [0.4, 0.5) is 0 Å². The summed E-state index contributed by atoms with van der Waals surface area (Å²) in [7, 11) is 1.63. The largest absolute Gasteiger partial charge is 0.497 e. The number of rotatable bonds is 11. The number of ether oxygens (including phenoxy) is 1. The Morgan fingerprint density at radius 2 is 1.68 bits per heavy atom. The Labute approximate surface area is 203 Å². The second-order valence-corrected chi connectivity index (χ2v) is 9.07. The Kier molecular flexibility index (Phi) is 9.08. The summed E-state index contributed by atoms with van der Waals surface area (Å²) in [6.07, 6.45) is 1.53. The molecule has 5 heteroatoms. The minimum atomic E-state index is -0.513. The van der Waals surface area contributed by atoms with Crippen LogP contribution in [0.5, 0.6) is 5.75 Å².